The van der Waals surface area contributed by atoms with E-state index in [1.165, 1.54) is 20.2 Å². The van der Waals surface area contributed by atoms with Gasteiger partial charge in [-0.3, -0.25) is 0 Å². The van der Waals surface area contributed by atoms with Crippen LogP contribution in [0.25, 0.3) is 98.5 Å². The van der Waals surface area contributed by atoms with Crippen molar-refractivity contribution in [2.75, 3.05) is 0 Å². The molecule has 5 heteroatoms. The molecule has 0 radical (unpaired) electrons. The molecule has 0 aliphatic heterocycles. The number of benzene rings is 7. The second kappa shape index (κ2) is 11.6. The molecule has 7 aromatic carbocycles. The largest absolute Gasteiger partial charge is 0.456 e. The van der Waals surface area contributed by atoms with Gasteiger partial charge in [0.1, 0.15) is 11.2 Å². The highest BCUT2D eigenvalue weighted by atomic mass is 32.1. The Morgan fingerprint density at radius 3 is 1.98 bits per heavy atom. The number of aromatic nitrogens is 3. The molecule has 50 heavy (non-hydrogen) atoms. The van der Waals surface area contributed by atoms with E-state index in [9.17, 15) is 0 Å². The summed E-state index contributed by atoms with van der Waals surface area (Å²) in [6.45, 7) is 0. The smallest absolute Gasteiger partial charge is 0.164 e. The Bertz CT molecular complexity index is 3150. The molecule has 4 nitrogen and oxygen atoms in total. The summed E-state index contributed by atoms with van der Waals surface area (Å²) in [4.78, 5) is 14.7. The van der Waals surface area contributed by atoms with Crippen molar-refractivity contribution in [3.63, 3.8) is 0 Å². The third-order valence-corrected chi connectivity index (χ3v) is 10.2. The molecule has 0 spiro atoms. The molecule has 10 rings (SSSR count). The molecule has 0 saturated heterocycles. The van der Waals surface area contributed by atoms with Crippen LogP contribution >= 0.6 is 11.3 Å². The summed E-state index contributed by atoms with van der Waals surface area (Å²) in [6.07, 6.45) is 0. The standard InChI is InChI=1S/C45H27N3OS/c1-3-12-28(13-4-1)30-16-9-17-31(26-30)44-46-43(29-14-5-2-6-15-29)47-45(48-44)32-24-25-37-39(27-32)49-38-22-11-19-34(41(37)38)36-21-10-20-35-33-18-7-8-23-40(33)50-42(35)36/h1-27H/i1D,3D,4D,12D,13D. The third kappa shape index (κ3) is 4.79. The van der Waals surface area contributed by atoms with E-state index in [-0.39, 0.29) is 29.7 Å². The summed E-state index contributed by atoms with van der Waals surface area (Å²) in [5.74, 6) is 1.29. The van der Waals surface area contributed by atoms with Gasteiger partial charge in [-0.1, -0.05) is 133 Å². The van der Waals surface area contributed by atoms with Crippen molar-refractivity contribution in [1.82, 2.24) is 15.0 Å². The highest BCUT2D eigenvalue weighted by Gasteiger charge is 2.18. The maximum atomic E-state index is 8.55. The average Bonchev–Trinajstić information content (AvgIpc) is 3.81. The van der Waals surface area contributed by atoms with Crippen LogP contribution in [0, 0.1) is 0 Å². The first-order valence-corrected chi connectivity index (χ1v) is 17.0. The lowest BCUT2D eigenvalue weighted by molar-refractivity contribution is 0.669. The van der Waals surface area contributed by atoms with Crippen molar-refractivity contribution >= 4 is 53.4 Å². The molecule has 0 bridgehead atoms. The number of hydrogen-bond acceptors (Lipinski definition) is 5. The lowest BCUT2D eigenvalue weighted by Gasteiger charge is -2.10. The van der Waals surface area contributed by atoms with Crippen LogP contribution in [0.3, 0.4) is 0 Å². The van der Waals surface area contributed by atoms with E-state index in [4.69, 9.17) is 26.2 Å². The van der Waals surface area contributed by atoms with E-state index < -0.39 is 6.04 Å². The second-order valence-electron chi connectivity index (χ2n) is 12.0. The summed E-state index contributed by atoms with van der Waals surface area (Å²) >= 11 is 1.81. The van der Waals surface area contributed by atoms with Crippen molar-refractivity contribution in [2.45, 2.75) is 0 Å². The van der Waals surface area contributed by atoms with E-state index in [0.717, 1.165) is 38.6 Å². The Hall–Kier alpha value is -6.43. The fourth-order valence-electron chi connectivity index (χ4n) is 6.71. The van der Waals surface area contributed by atoms with Gasteiger partial charge in [0, 0.05) is 53.2 Å². The van der Waals surface area contributed by atoms with E-state index in [1.807, 2.05) is 60.7 Å². The monoisotopic (exact) mass is 662 g/mol. The Labute approximate surface area is 299 Å². The molecule has 0 aliphatic rings. The summed E-state index contributed by atoms with van der Waals surface area (Å²) in [5.41, 5.74) is 6.48. The number of fused-ring (bicyclic) bond motifs is 6. The maximum Gasteiger partial charge on any atom is 0.164 e. The van der Waals surface area contributed by atoms with Gasteiger partial charge in [0.05, 0.1) is 6.85 Å². The van der Waals surface area contributed by atoms with Crippen molar-refractivity contribution in [3.8, 4) is 56.4 Å². The van der Waals surface area contributed by atoms with Gasteiger partial charge in [0.25, 0.3) is 0 Å². The predicted octanol–water partition coefficient (Wildman–Crippen LogP) is 12.5. The summed E-state index contributed by atoms with van der Waals surface area (Å²) in [7, 11) is 0. The Balaban J connectivity index is 1.13. The van der Waals surface area contributed by atoms with Crippen LogP contribution < -0.4 is 0 Å². The zero-order chi connectivity index (χ0) is 37.4. The Morgan fingerprint density at radius 1 is 0.460 bits per heavy atom. The zero-order valence-electron chi connectivity index (χ0n) is 31.4. The highest BCUT2D eigenvalue weighted by molar-refractivity contribution is 7.26. The molecule has 0 saturated carbocycles. The van der Waals surface area contributed by atoms with Crippen LogP contribution in [-0.4, -0.2) is 15.0 Å². The van der Waals surface area contributed by atoms with Crippen LogP contribution in [0.5, 0.6) is 0 Å². The number of rotatable bonds is 5. The fraction of sp³-hybridized carbons (Fsp3) is 0. The first-order valence-electron chi connectivity index (χ1n) is 18.7. The minimum atomic E-state index is -0.435. The molecule has 0 atom stereocenters. The molecule has 10 aromatic rings. The van der Waals surface area contributed by atoms with Crippen LogP contribution in [0.1, 0.15) is 6.85 Å². The second-order valence-corrected chi connectivity index (χ2v) is 13.1. The molecular formula is C45H27N3OS. The molecular weight excluding hydrogens is 631 g/mol. The predicted molar refractivity (Wildman–Crippen MR) is 207 cm³/mol. The van der Waals surface area contributed by atoms with E-state index in [0.29, 0.717) is 34.2 Å². The SMILES string of the molecule is [2H]c1c([2H])c([2H])c(-c2cccc(-c3nc(-c4ccccc4)nc(-c4ccc5c(c4)oc4cccc(-c6cccc7c6sc6ccccc67)c45)n3)c2)c([2H])c1[2H]. The molecule has 0 unspecified atom stereocenters. The third-order valence-electron chi connectivity index (χ3n) is 9.03. The van der Waals surface area contributed by atoms with Crippen LogP contribution in [0.4, 0.5) is 0 Å². The van der Waals surface area contributed by atoms with Crippen molar-refractivity contribution in [1.29, 1.82) is 0 Å². The first kappa shape index (κ1) is 23.8. The molecule has 3 heterocycles. The number of furan rings is 1. The topological polar surface area (TPSA) is 51.8 Å². The average molecular weight is 663 g/mol. The van der Waals surface area contributed by atoms with Crippen LogP contribution in [0.15, 0.2) is 168 Å². The number of hydrogen-bond donors (Lipinski definition) is 0. The fourth-order valence-corrected chi connectivity index (χ4v) is 7.94. The lowest BCUT2D eigenvalue weighted by atomic mass is 9.97. The molecule has 234 valence electrons. The van der Waals surface area contributed by atoms with E-state index in [2.05, 4.69) is 54.6 Å². The van der Waals surface area contributed by atoms with E-state index in [1.54, 1.807) is 29.5 Å². The normalized spacial score (nSPS) is 13.0. The van der Waals surface area contributed by atoms with Crippen LogP contribution in [0.2, 0.25) is 0 Å². The van der Waals surface area contributed by atoms with Crippen molar-refractivity contribution < 1.29 is 11.3 Å². The molecule has 3 aromatic heterocycles. The Morgan fingerprint density at radius 2 is 1.12 bits per heavy atom. The van der Waals surface area contributed by atoms with Gasteiger partial charge in [-0.2, -0.15) is 0 Å². The summed E-state index contributed by atoms with van der Waals surface area (Å²) in [6, 6.07) is 42.3. The Kier molecular flexibility index (Phi) is 5.54. The first-order chi connectivity index (χ1) is 26.8. The zero-order valence-corrected chi connectivity index (χ0v) is 27.2. The minimum Gasteiger partial charge on any atom is -0.456 e. The van der Waals surface area contributed by atoms with Gasteiger partial charge in [0.2, 0.25) is 0 Å². The van der Waals surface area contributed by atoms with Gasteiger partial charge in [0.15, 0.2) is 17.5 Å². The molecule has 0 aliphatic carbocycles. The van der Waals surface area contributed by atoms with Gasteiger partial charge in [-0.15, -0.1) is 11.3 Å². The van der Waals surface area contributed by atoms with Gasteiger partial charge < -0.3 is 4.42 Å². The quantitative estimate of drug-likeness (QED) is 0.184. The maximum absolute atomic E-state index is 8.55. The number of nitrogens with zero attached hydrogens (tertiary/aromatic N) is 3. The van der Waals surface area contributed by atoms with Gasteiger partial charge in [-0.05, 0) is 47.0 Å². The summed E-state index contributed by atoms with van der Waals surface area (Å²) < 4.78 is 50.6. The summed E-state index contributed by atoms with van der Waals surface area (Å²) in [5, 5.41) is 4.52. The molecule has 0 amide bonds. The van der Waals surface area contributed by atoms with Crippen molar-refractivity contribution in [3.05, 3.63) is 164 Å². The van der Waals surface area contributed by atoms with Gasteiger partial charge >= 0.3 is 0 Å². The van der Waals surface area contributed by atoms with E-state index >= 15 is 0 Å². The minimum absolute atomic E-state index is 0.115. The van der Waals surface area contributed by atoms with Crippen LogP contribution in [-0.2, 0) is 0 Å². The van der Waals surface area contributed by atoms with Crippen molar-refractivity contribution in [2.24, 2.45) is 0 Å². The highest BCUT2D eigenvalue weighted by Crippen LogP contribution is 2.44. The van der Waals surface area contributed by atoms with Gasteiger partial charge in [-0.25, -0.2) is 15.0 Å². The molecule has 0 N–H and O–H groups in total. The molecule has 0 fully saturated rings. The lowest BCUT2D eigenvalue weighted by Crippen LogP contribution is -2.00. The number of thiophene rings is 1.